The van der Waals surface area contributed by atoms with Crippen LogP contribution < -0.4 is 10.6 Å². The molecule has 2 atom stereocenters. The lowest BCUT2D eigenvalue weighted by molar-refractivity contribution is 0.581. The van der Waals surface area contributed by atoms with E-state index in [9.17, 15) is 16.3 Å². The lowest BCUT2D eigenvalue weighted by Gasteiger charge is -2.23. The van der Waals surface area contributed by atoms with Crippen LogP contribution in [0.5, 0.6) is 0 Å². The van der Waals surface area contributed by atoms with Gasteiger partial charge in [0.2, 0.25) is 5.95 Å². The van der Waals surface area contributed by atoms with Crippen molar-refractivity contribution < 1.29 is 5.76 Å². The Morgan fingerprint density at radius 2 is 1.90 bits per heavy atom. The van der Waals surface area contributed by atoms with Crippen LogP contribution in [-0.2, 0) is 0 Å². The third kappa shape index (κ3) is 5.71. The molecule has 3 aromatic heterocycles. The molecule has 42 heavy (non-hydrogen) atoms. The van der Waals surface area contributed by atoms with Crippen LogP contribution >= 0.6 is 11.6 Å². The maximum absolute atomic E-state index is 13.8. The second-order valence-electron chi connectivity index (χ2n) is 10.0. The molecule has 9 nitrogen and oxygen atoms in total. The minimum Gasteiger partial charge on any atom is -0.377 e. The predicted octanol–water partition coefficient (Wildman–Crippen LogP) is 6.88. The van der Waals surface area contributed by atoms with Crippen molar-refractivity contribution in [3.63, 3.8) is 0 Å². The number of aromatic nitrogens is 5. The lowest BCUT2D eigenvalue weighted by Crippen LogP contribution is -2.14. The van der Waals surface area contributed by atoms with Gasteiger partial charge in [0.25, 0.3) is 0 Å². The van der Waals surface area contributed by atoms with Gasteiger partial charge < -0.3 is 10.6 Å². The van der Waals surface area contributed by atoms with Crippen LogP contribution in [0.15, 0.2) is 73.2 Å². The van der Waals surface area contributed by atoms with Gasteiger partial charge in [-0.05, 0) is 48.6 Å². The van der Waals surface area contributed by atoms with Crippen molar-refractivity contribution in [2.75, 3.05) is 10.6 Å². The number of anilines is 2. The van der Waals surface area contributed by atoms with Gasteiger partial charge in [0.05, 0.1) is 53.5 Å². The molecule has 2 aromatic carbocycles. The van der Waals surface area contributed by atoms with Crippen molar-refractivity contribution in [3.8, 4) is 12.1 Å². The van der Waals surface area contributed by atoms with E-state index in [1.54, 1.807) is 23.0 Å². The Balaban J connectivity index is 1.45. The van der Waals surface area contributed by atoms with Crippen molar-refractivity contribution in [2.24, 2.45) is 0 Å². The minimum absolute atomic E-state index is 0.245. The van der Waals surface area contributed by atoms with Crippen molar-refractivity contribution in [2.45, 2.75) is 43.8 Å². The van der Waals surface area contributed by atoms with E-state index in [-0.39, 0.29) is 12.1 Å². The largest absolute Gasteiger partial charge is 0.377 e. The van der Waals surface area contributed by atoms with E-state index in [1.807, 2.05) is 30.3 Å². The number of nitriles is 2. The van der Waals surface area contributed by atoms with Crippen LogP contribution in [0.25, 0.3) is 10.9 Å². The van der Waals surface area contributed by atoms with E-state index in [1.165, 1.54) is 24.5 Å². The minimum atomic E-state index is -1.71. The second-order valence-corrected chi connectivity index (χ2v) is 10.4. The summed E-state index contributed by atoms with van der Waals surface area (Å²) in [6.45, 7) is 0. The molecule has 0 amide bonds. The molecule has 1 saturated carbocycles. The number of fused-ring (bicyclic) bond motifs is 1. The zero-order chi connectivity index (χ0) is 30.0. The van der Waals surface area contributed by atoms with Gasteiger partial charge in [-0.2, -0.15) is 14.9 Å². The molecule has 3 heterocycles. The first kappa shape index (κ1) is 25.9. The zero-order valence-electron chi connectivity index (χ0n) is 23.3. The molecule has 2 N–H and O–H groups in total. The summed E-state index contributed by atoms with van der Waals surface area (Å²) in [6.07, 6.45) is 7.25. The fourth-order valence-corrected chi connectivity index (χ4v) is 5.09. The molecule has 5 aromatic rings. The summed E-state index contributed by atoms with van der Waals surface area (Å²) >= 11 is 6.75. The highest BCUT2D eigenvalue weighted by Gasteiger charge is 2.27. The summed E-state index contributed by atoms with van der Waals surface area (Å²) in [4.78, 5) is 8.22. The molecule has 1 aliphatic rings. The molecule has 0 bridgehead atoms. The van der Waals surface area contributed by atoms with Gasteiger partial charge in [-0.3, -0.25) is 4.98 Å². The van der Waals surface area contributed by atoms with Gasteiger partial charge >= 0.3 is 0 Å². The molecule has 0 saturated heterocycles. The van der Waals surface area contributed by atoms with Crippen molar-refractivity contribution in [1.29, 1.82) is 10.5 Å². The van der Waals surface area contributed by atoms with E-state index in [4.69, 9.17) is 11.6 Å². The van der Waals surface area contributed by atoms with Crippen LogP contribution in [0.4, 0.5) is 15.8 Å². The molecule has 11 heteroatoms. The molecule has 0 unspecified atom stereocenters. The van der Waals surface area contributed by atoms with Gasteiger partial charge in [-0.25, -0.2) is 9.67 Å². The number of halogens is 2. The van der Waals surface area contributed by atoms with E-state index >= 15 is 0 Å². The first-order valence-electron chi connectivity index (χ1n) is 13.9. The van der Waals surface area contributed by atoms with Crippen LogP contribution in [0.2, 0.25) is 5.02 Å². The third-order valence-electron chi connectivity index (χ3n) is 7.08. The van der Waals surface area contributed by atoms with E-state index in [2.05, 4.69) is 43.1 Å². The molecule has 0 radical (unpaired) electrons. The summed E-state index contributed by atoms with van der Waals surface area (Å²) in [7, 11) is 0. The fraction of sp³-hybridized carbons (Fsp3) is 0.226. The highest BCUT2D eigenvalue weighted by atomic mass is 35.5. The topological polar surface area (TPSA) is 128 Å². The molecule has 0 aliphatic heterocycles. The Morgan fingerprint density at radius 3 is 2.62 bits per heavy atom. The average Bonchev–Trinajstić information content (AvgIpc) is 3.75. The van der Waals surface area contributed by atoms with Gasteiger partial charge in [0.1, 0.15) is 11.8 Å². The first-order valence-corrected chi connectivity index (χ1v) is 13.8. The molecule has 6 rings (SSSR count). The summed E-state index contributed by atoms with van der Waals surface area (Å²) in [5.41, 5.74) is 3.29. The normalized spacial score (nSPS) is 15.2. The smallest absolute Gasteiger partial charge is 0.212 e. The van der Waals surface area contributed by atoms with Crippen LogP contribution in [0.1, 0.15) is 67.5 Å². The number of nitrogens with zero attached hydrogens (tertiary/aromatic N) is 7. The van der Waals surface area contributed by atoms with Crippen molar-refractivity contribution >= 4 is 33.9 Å². The van der Waals surface area contributed by atoms with Crippen LogP contribution in [0.3, 0.4) is 0 Å². The Morgan fingerprint density at radius 1 is 1.07 bits per heavy atom. The number of hydrogen-bond acceptors (Lipinski definition) is 8. The summed E-state index contributed by atoms with van der Waals surface area (Å²) in [5, 5.41) is 35.4. The van der Waals surface area contributed by atoms with Gasteiger partial charge in [0, 0.05) is 29.9 Å². The molecule has 208 valence electrons. The lowest BCUT2D eigenvalue weighted by atomic mass is 10.00. The molecule has 1 fully saturated rings. The average molecular weight is 579 g/mol. The second kappa shape index (κ2) is 11.8. The number of pyridine rings is 2. The fourth-order valence-electron chi connectivity index (χ4n) is 4.82. The summed E-state index contributed by atoms with van der Waals surface area (Å²) in [6, 6.07) is 18.4. The van der Waals surface area contributed by atoms with Gasteiger partial charge in [0.15, 0.2) is 0 Å². The van der Waals surface area contributed by atoms with Crippen molar-refractivity contribution in [3.05, 3.63) is 107 Å². The third-order valence-corrected chi connectivity index (χ3v) is 7.37. The van der Waals surface area contributed by atoms with Gasteiger partial charge in [-0.1, -0.05) is 53.2 Å². The highest BCUT2D eigenvalue weighted by Crippen LogP contribution is 2.38. The number of nitrogens with one attached hydrogen (secondary N) is 2. The number of hydrogen-bond donors (Lipinski definition) is 2. The Hall–Kier alpha value is -5.06. The Labute approximate surface area is 248 Å². The maximum Gasteiger partial charge on any atom is 0.212 e. The SMILES string of the molecule is [2H][C@@](Nc1cc(Cl)c2ncc(C#N)c(N[C@@H](CCC#N)c3ccccc3)c2c1)(c1ccc(F)nc1)c1cn(C2CC2)nn1. The molecular weight excluding hydrogens is 553 g/mol. The monoisotopic (exact) mass is 578 g/mol. The predicted molar refractivity (Wildman–Crippen MR) is 157 cm³/mol. The van der Waals surface area contributed by atoms with Gasteiger partial charge in [-0.15, -0.1) is 5.10 Å². The number of benzene rings is 2. The quantitative estimate of drug-likeness (QED) is 0.172. The van der Waals surface area contributed by atoms with E-state index in [0.717, 1.165) is 18.4 Å². The Bertz CT molecular complexity index is 1860. The van der Waals surface area contributed by atoms with Crippen LogP contribution in [-0.4, -0.2) is 25.0 Å². The van der Waals surface area contributed by atoms with E-state index < -0.39 is 12.0 Å². The molecular formula is C31H25ClFN9. The first-order chi connectivity index (χ1) is 20.9. The Kier molecular flexibility index (Phi) is 7.28. The summed E-state index contributed by atoms with van der Waals surface area (Å²) < 4.78 is 25.1. The molecule has 1 aliphatic carbocycles. The van der Waals surface area contributed by atoms with Crippen LogP contribution in [0, 0.1) is 28.6 Å². The maximum atomic E-state index is 13.8. The standard InChI is InChI=1S/C31H25ClFN9/c32-25-14-22(38-30(20-8-11-28(33)36-16-20)27-18-42(41-40-27)23-9-10-23)13-24-29(21(15-35)17-37-31(24)25)39-26(7-4-12-34)19-5-2-1-3-6-19/h1-3,5-6,8,11,13-14,16-18,23,26,30,38H,4,7,9-10H2,(H,37,39)/t26-,30+/m0/s1/i30D. The van der Waals surface area contributed by atoms with Crippen molar-refractivity contribution in [1.82, 2.24) is 25.0 Å². The van der Waals surface area contributed by atoms with E-state index in [0.29, 0.717) is 57.0 Å². The zero-order valence-corrected chi connectivity index (χ0v) is 23.1. The molecule has 0 spiro atoms. The highest BCUT2D eigenvalue weighted by molar-refractivity contribution is 6.35. The summed E-state index contributed by atoms with van der Waals surface area (Å²) in [5.74, 6) is -0.670. The number of rotatable bonds is 10.